The standard InChI is InChI=1S/C14H17FN4OS2/c1-3-16-13-18-19-14(22-13)21-9(2)12(20)17-8-10-4-6-11(15)7-5-10/h4-7,9H,3,8H2,1-2H3,(H,16,18)(H,17,20). The van der Waals surface area contributed by atoms with Gasteiger partial charge in [-0.3, -0.25) is 4.79 Å². The fraction of sp³-hybridized carbons (Fsp3) is 0.357. The third-order valence-corrected chi connectivity index (χ3v) is 4.83. The van der Waals surface area contributed by atoms with Gasteiger partial charge in [0, 0.05) is 13.1 Å². The Balaban J connectivity index is 1.82. The van der Waals surface area contributed by atoms with Gasteiger partial charge in [0.15, 0.2) is 4.34 Å². The first-order chi connectivity index (χ1) is 10.6. The summed E-state index contributed by atoms with van der Waals surface area (Å²) in [6, 6.07) is 6.06. The first kappa shape index (κ1) is 16.7. The maximum absolute atomic E-state index is 12.8. The molecule has 22 heavy (non-hydrogen) atoms. The van der Waals surface area contributed by atoms with Gasteiger partial charge in [0.05, 0.1) is 5.25 Å². The number of nitrogens with one attached hydrogen (secondary N) is 2. The topological polar surface area (TPSA) is 66.9 Å². The van der Waals surface area contributed by atoms with E-state index in [1.54, 1.807) is 12.1 Å². The minimum atomic E-state index is -0.285. The van der Waals surface area contributed by atoms with Gasteiger partial charge in [-0.2, -0.15) is 0 Å². The van der Waals surface area contributed by atoms with Crippen molar-refractivity contribution in [1.29, 1.82) is 0 Å². The molecule has 1 aromatic carbocycles. The predicted molar refractivity (Wildman–Crippen MR) is 87.6 cm³/mol. The van der Waals surface area contributed by atoms with Gasteiger partial charge < -0.3 is 10.6 Å². The Morgan fingerprint density at radius 3 is 2.77 bits per heavy atom. The van der Waals surface area contributed by atoms with Gasteiger partial charge >= 0.3 is 0 Å². The van der Waals surface area contributed by atoms with Crippen LogP contribution in [-0.4, -0.2) is 27.9 Å². The molecule has 118 valence electrons. The minimum Gasteiger partial charge on any atom is -0.360 e. The van der Waals surface area contributed by atoms with Crippen molar-refractivity contribution in [3.63, 3.8) is 0 Å². The number of rotatable bonds is 7. The molecule has 0 saturated carbocycles. The Morgan fingerprint density at radius 1 is 1.36 bits per heavy atom. The number of nitrogens with zero attached hydrogens (tertiary/aromatic N) is 2. The highest BCUT2D eigenvalue weighted by Crippen LogP contribution is 2.28. The van der Waals surface area contributed by atoms with Crippen LogP contribution >= 0.6 is 23.1 Å². The molecule has 0 aliphatic rings. The molecule has 0 aliphatic heterocycles. The van der Waals surface area contributed by atoms with Gasteiger partial charge in [-0.15, -0.1) is 10.2 Å². The largest absolute Gasteiger partial charge is 0.360 e. The average molecular weight is 340 g/mol. The van der Waals surface area contributed by atoms with Crippen LogP contribution in [0.4, 0.5) is 9.52 Å². The zero-order valence-corrected chi connectivity index (χ0v) is 13.9. The summed E-state index contributed by atoms with van der Waals surface area (Å²) in [5.41, 5.74) is 0.859. The number of carbonyl (C=O) groups excluding carboxylic acids is 1. The molecule has 0 fully saturated rings. The predicted octanol–water partition coefficient (Wildman–Crippen LogP) is 2.91. The SMILES string of the molecule is CCNc1nnc(SC(C)C(=O)NCc2ccc(F)cc2)s1. The fourth-order valence-corrected chi connectivity index (χ4v) is 3.61. The second kappa shape index (κ2) is 8.09. The van der Waals surface area contributed by atoms with Gasteiger partial charge in [-0.05, 0) is 31.5 Å². The molecule has 1 aromatic heterocycles. The zero-order valence-electron chi connectivity index (χ0n) is 12.3. The van der Waals surface area contributed by atoms with Crippen LogP contribution in [0.3, 0.4) is 0 Å². The molecule has 0 spiro atoms. The molecule has 1 unspecified atom stereocenters. The molecule has 0 saturated heterocycles. The summed E-state index contributed by atoms with van der Waals surface area (Å²) >= 11 is 2.80. The molecule has 2 rings (SSSR count). The van der Waals surface area contributed by atoms with Crippen LogP contribution in [0, 0.1) is 5.82 Å². The average Bonchev–Trinajstić information content (AvgIpc) is 2.94. The van der Waals surface area contributed by atoms with E-state index in [1.807, 2.05) is 13.8 Å². The van der Waals surface area contributed by atoms with E-state index >= 15 is 0 Å². The van der Waals surface area contributed by atoms with Gasteiger partial charge in [0.1, 0.15) is 5.82 Å². The Bertz CT molecular complexity index is 618. The van der Waals surface area contributed by atoms with E-state index in [-0.39, 0.29) is 17.0 Å². The maximum Gasteiger partial charge on any atom is 0.233 e. The highest BCUT2D eigenvalue weighted by atomic mass is 32.2. The van der Waals surface area contributed by atoms with E-state index in [0.29, 0.717) is 6.54 Å². The molecule has 5 nitrogen and oxygen atoms in total. The zero-order chi connectivity index (χ0) is 15.9. The first-order valence-corrected chi connectivity index (χ1v) is 8.54. The lowest BCUT2D eigenvalue weighted by Crippen LogP contribution is -2.30. The van der Waals surface area contributed by atoms with E-state index in [2.05, 4.69) is 20.8 Å². The van der Waals surface area contributed by atoms with Crippen LogP contribution < -0.4 is 10.6 Å². The third kappa shape index (κ3) is 4.96. The van der Waals surface area contributed by atoms with Crippen molar-refractivity contribution in [3.8, 4) is 0 Å². The Labute approximate surface area is 136 Å². The van der Waals surface area contributed by atoms with Crippen LogP contribution in [0.2, 0.25) is 0 Å². The first-order valence-electron chi connectivity index (χ1n) is 6.84. The monoisotopic (exact) mass is 340 g/mol. The summed E-state index contributed by atoms with van der Waals surface area (Å²) in [6.45, 7) is 4.97. The number of anilines is 1. The minimum absolute atomic E-state index is 0.0884. The van der Waals surface area contributed by atoms with Gasteiger partial charge in [-0.25, -0.2) is 4.39 Å². The summed E-state index contributed by atoms with van der Waals surface area (Å²) in [5, 5.41) is 14.4. The van der Waals surface area contributed by atoms with E-state index in [1.165, 1.54) is 35.2 Å². The van der Waals surface area contributed by atoms with E-state index in [4.69, 9.17) is 0 Å². The second-order valence-electron chi connectivity index (χ2n) is 4.51. The quantitative estimate of drug-likeness (QED) is 0.759. The summed E-state index contributed by atoms with van der Waals surface area (Å²) in [6.07, 6.45) is 0. The van der Waals surface area contributed by atoms with Gasteiger partial charge in [0.25, 0.3) is 0 Å². The maximum atomic E-state index is 12.8. The second-order valence-corrected chi connectivity index (χ2v) is 7.07. The van der Waals surface area contributed by atoms with Crippen LogP contribution in [-0.2, 0) is 11.3 Å². The van der Waals surface area contributed by atoms with Crippen molar-refractivity contribution in [1.82, 2.24) is 15.5 Å². The number of amides is 1. The Hall–Kier alpha value is -1.67. The number of benzene rings is 1. The van der Waals surface area contributed by atoms with Crippen LogP contribution in [0.25, 0.3) is 0 Å². The highest BCUT2D eigenvalue weighted by Gasteiger charge is 2.16. The van der Waals surface area contributed by atoms with E-state index < -0.39 is 0 Å². The Kier molecular flexibility index (Phi) is 6.14. The molecular formula is C14H17FN4OS2. The Morgan fingerprint density at radius 2 is 2.09 bits per heavy atom. The summed E-state index contributed by atoms with van der Waals surface area (Å²) in [7, 11) is 0. The van der Waals surface area contributed by atoms with E-state index in [9.17, 15) is 9.18 Å². The molecule has 1 amide bonds. The van der Waals surface area contributed by atoms with Crippen molar-refractivity contribution in [2.24, 2.45) is 0 Å². The smallest absolute Gasteiger partial charge is 0.233 e. The van der Waals surface area contributed by atoms with Crippen molar-refractivity contribution in [3.05, 3.63) is 35.6 Å². The van der Waals surface area contributed by atoms with Crippen molar-refractivity contribution >= 4 is 34.1 Å². The lowest BCUT2D eigenvalue weighted by Gasteiger charge is -2.10. The number of hydrogen-bond donors (Lipinski definition) is 2. The molecule has 2 N–H and O–H groups in total. The van der Waals surface area contributed by atoms with Crippen LogP contribution in [0.15, 0.2) is 28.6 Å². The lowest BCUT2D eigenvalue weighted by molar-refractivity contribution is -0.120. The summed E-state index contributed by atoms with van der Waals surface area (Å²) < 4.78 is 13.6. The van der Waals surface area contributed by atoms with Crippen molar-refractivity contribution in [2.75, 3.05) is 11.9 Å². The highest BCUT2D eigenvalue weighted by molar-refractivity contribution is 8.02. The molecule has 0 radical (unpaired) electrons. The van der Waals surface area contributed by atoms with Gasteiger partial charge in [-0.1, -0.05) is 35.2 Å². The number of aromatic nitrogens is 2. The van der Waals surface area contributed by atoms with Crippen LogP contribution in [0.5, 0.6) is 0 Å². The summed E-state index contributed by atoms with van der Waals surface area (Å²) in [5.74, 6) is -0.374. The fourth-order valence-electron chi connectivity index (χ4n) is 1.62. The molecule has 0 aliphatic carbocycles. The van der Waals surface area contributed by atoms with Crippen LogP contribution in [0.1, 0.15) is 19.4 Å². The molecular weight excluding hydrogens is 323 g/mol. The van der Waals surface area contributed by atoms with Gasteiger partial charge in [0.2, 0.25) is 11.0 Å². The number of carbonyl (C=O) groups is 1. The van der Waals surface area contributed by atoms with Crippen molar-refractivity contribution < 1.29 is 9.18 Å². The molecule has 8 heteroatoms. The van der Waals surface area contributed by atoms with Crippen molar-refractivity contribution in [2.45, 2.75) is 30.0 Å². The number of hydrogen-bond acceptors (Lipinski definition) is 6. The molecule has 1 atom stereocenters. The normalized spacial score (nSPS) is 12.0. The number of thioether (sulfide) groups is 1. The molecule has 1 heterocycles. The third-order valence-electron chi connectivity index (χ3n) is 2.76. The molecule has 2 aromatic rings. The molecule has 0 bridgehead atoms. The summed E-state index contributed by atoms with van der Waals surface area (Å²) in [4.78, 5) is 12.1. The lowest BCUT2D eigenvalue weighted by atomic mass is 10.2. The number of halogens is 1. The van der Waals surface area contributed by atoms with E-state index in [0.717, 1.165) is 21.6 Å².